The minimum atomic E-state index is -0.872. The summed E-state index contributed by atoms with van der Waals surface area (Å²) in [5.41, 5.74) is 2.40. The number of nitrogens with zero attached hydrogens (tertiary/aromatic N) is 1. The number of carboxylic acids is 1. The number of nitriles is 1. The second kappa shape index (κ2) is 9.65. The number of aliphatic carboxylic acids is 1. The van der Waals surface area contributed by atoms with Crippen molar-refractivity contribution in [3.05, 3.63) is 58.7 Å². The third-order valence-electron chi connectivity index (χ3n) is 6.80. The summed E-state index contributed by atoms with van der Waals surface area (Å²) in [6.45, 7) is 6.26. The molecule has 2 amide bonds. The lowest BCUT2D eigenvalue weighted by molar-refractivity contribution is -0.137. The van der Waals surface area contributed by atoms with Crippen LogP contribution in [0.3, 0.4) is 0 Å². The Morgan fingerprint density at radius 1 is 1.19 bits per heavy atom. The molecule has 36 heavy (non-hydrogen) atoms. The number of hydrogen-bond donors (Lipinski definition) is 3. The van der Waals surface area contributed by atoms with Crippen LogP contribution < -0.4 is 15.4 Å². The number of benzene rings is 2. The van der Waals surface area contributed by atoms with Crippen LogP contribution in [-0.4, -0.2) is 35.0 Å². The minimum Gasteiger partial charge on any atom is -0.493 e. The lowest BCUT2D eigenvalue weighted by Crippen LogP contribution is -2.40. The summed E-state index contributed by atoms with van der Waals surface area (Å²) < 4.78 is 5.85. The second-order valence-electron chi connectivity index (χ2n) is 10.6. The number of nitrogens with one attached hydrogen (secondary N) is 2. The fraction of sp³-hybridized carbons (Fsp3) is 0.429. The summed E-state index contributed by atoms with van der Waals surface area (Å²) in [7, 11) is 0. The van der Waals surface area contributed by atoms with E-state index in [1.807, 2.05) is 26.8 Å². The zero-order chi connectivity index (χ0) is 26.1. The van der Waals surface area contributed by atoms with E-state index in [9.17, 15) is 19.6 Å². The van der Waals surface area contributed by atoms with Gasteiger partial charge in [0.25, 0.3) is 5.91 Å². The maximum atomic E-state index is 13.4. The summed E-state index contributed by atoms with van der Waals surface area (Å²) in [5.74, 6) is -0.791. The summed E-state index contributed by atoms with van der Waals surface area (Å²) in [6.07, 6.45) is 2.26. The van der Waals surface area contributed by atoms with E-state index in [-0.39, 0.29) is 29.7 Å². The van der Waals surface area contributed by atoms with Crippen LogP contribution in [0.25, 0.3) is 0 Å². The fourth-order valence-electron chi connectivity index (χ4n) is 4.93. The predicted molar refractivity (Wildman–Crippen MR) is 134 cm³/mol. The molecule has 2 unspecified atom stereocenters. The summed E-state index contributed by atoms with van der Waals surface area (Å²) in [5, 5.41) is 24.2. The van der Waals surface area contributed by atoms with Gasteiger partial charge >= 0.3 is 5.97 Å². The van der Waals surface area contributed by atoms with Crippen LogP contribution >= 0.6 is 0 Å². The Bertz CT molecular complexity index is 1260. The molecule has 1 fully saturated rings. The van der Waals surface area contributed by atoms with Gasteiger partial charge < -0.3 is 20.5 Å². The monoisotopic (exact) mass is 489 g/mol. The highest BCUT2D eigenvalue weighted by Crippen LogP contribution is 2.61. The molecule has 2 aliphatic rings. The van der Waals surface area contributed by atoms with E-state index in [1.165, 1.54) is 0 Å². The normalized spacial score (nSPS) is 20.0. The van der Waals surface area contributed by atoms with Gasteiger partial charge in [0.2, 0.25) is 5.91 Å². The first-order chi connectivity index (χ1) is 17.0. The largest absolute Gasteiger partial charge is 0.493 e. The zero-order valence-corrected chi connectivity index (χ0v) is 20.8. The molecule has 0 radical (unpaired) electrons. The first-order valence-electron chi connectivity index (χ1n) is 12.2. The molecule has 2 aromatic rings. The Labute approximate surface area is 210 Å². The van der Waals surface area contributed by atoms with Crippen molar-refractivity contribution in [2.45, 2.75) is 63.8 Å². The van der Waals surface area contributed by atoms with Crippen molar-refractivity contribution in [1.82, 2.24) is 5.32 Å². The average Bonchev–Trinajstić information content (AvgIpc) is 3.53. The first kappa shape index (κ1) is 25.2. The lowest BCUT2D eigenvalue weighted by Gasteiger charge is -2.28. The number of carbonyl (C=O) groups excluding carboxylic acids is 2. The molecule has 0 saturated heterocycles. The smallest absolute Gasteiger partial charge is 0.303 e. The summed E-state index contributed by atoms with van der Waals surface area (Å²) in [6, 6.07) is 12.6. The van der Waals surface area contributed by atoms with Crippen LogP contribution in [-0.2, 0) is 21.4 Å². The van der Waals surface area contributed by atoms with E-state index in [0.29, 0.717) is 54.9 Å². The maximum Gasteiger partial charge on any atom is 0.303 e. The molecule has 3 N–H and O–H groups in total. The van der Waals surface area contributed by atoms with Crippen LogP contribution in [0.1, 0.15) is 73.5 Å². The van der Waals surface area contributed by atoms with Gasteiger partial charge in [0.1, 0.15) is 5.75 Å². The van der Waals surface area contributed by atoms with Gasteiger partial charge in [-0.05, 0) is 82.3 Å². The zero-order valence-electron chi connectivity index (χ0n) is 20.8. The van der Waals surface area contributed by atoms with E-state index >= 15 is 0 Å². The number of ether oxygens (including phenoxy) is 1. The van der Waals surface area contributed by atoms with Crippen LogP contribution in [0, 0.1) is 17.2 Å². The van der Waals surface area contributed by atoms with Crippen molar-refractivity contribution < 1.29 is 24.2 Å². The van der Waals surface area contributed by atoms with E-state index in [1.54, 1.807) is 30.3 Å². The van der Waals surface area contributed by atoms with Crippen LogP contribution in [0.2, 0.25) is 0 Å². The van der Waals surface area contributed by atoms with Gasteiger partial charge in [-0.2, -0.15) is 5.26 Å². The Balaban J connectivity index is 1.55. The van der Waals surface area contributed by atoms with Crippen LogP contribution in [0.15, 0.2) is 36.4 Å². The third-order valence-corrected chi connectivity index (χ3v) is 6.80. The van der Waals surface area contributed by atoms with Crippen molar-refractivity contribution in [3.63, 3.8) is 0 Å². The highest BCUT2D eigenvalue weighted by Gasteiger charge is 2.61. The summed E-state index contributed by atoms with van der Waals surface area (Å²) >= 11 is 0. The fourth-order valence-corrected chi connectivity index (χ4v) is 4.93. The first-order valence-corrected chi connectivity index (χ1v) is 12.2. The number of carbonyl (C=O) groups is 3. The molecule has 8 nitrogen and oxygen atoms in total. The number of rotatable bonds is 7. The molecule has 2 atom stereocenters. The highest BCUT2D eigenvalue weighted by atomic mass is 16.5. The molecule has 2 aromatic carbocycles. The van der Waals surface area contributed by atoms with Crippen molar-refractivity contribution >= 4 is 23.5 Å². The van der Waals surface area contributed by atoms with E-state index in [2.05, 4.69) is 16.7 Å². The van der Waals surface area contributed by atoms with Crippen LogP contribution in [0.4, 0.5) is 5.69 Å². The molecule has 1 heterocycles. The molecule has 4 rings (SSSR count). The SMILES string of the molecule is CC(C)(C)NC(=O)c1ccc2c(c1)C1(CCO2)CC1C(=O)Nc1cc(C#N)ccc1CCCC(=O)O. The Morgan fingerprint density at radius 3 is 2.67 bits per heavy atom. The Morgan fingerprint density at radius 2 is 1.97 bits per heavy atom. The number of aryl methyl sites for hydroxylation is 1. The molecule has 0 aromatic heterocycles. The van der Waals surface area contributed by atoms with Crippen molar-refractivity contribution in [1.29, 1.82) is 5.26 Å². The van der Waals surface area contributed by atoms with Crippen molar-refractivity contribution in [3.8, 4) is 11.8 Å². The Hall–Kier alpha value is -3.86. The molecular formula is C28H31N3O5. The van der Waals surface area contributed by atoms with Gasteiger partial charge in [-0.25, -0.2) is 0 Å². The topological polar surface area (TPSA) is 129 Å². The average molecular weight is 490 g/mol. The molecular weight excluding hydrogens is 458 g/mol. The maximum absolute atomic E-state index is 13.4. The van der Waals surface area contributed by atoms with Gasteiger partial charge in [-0.3, -0.25) is 14.4 Å². The number of fused-ring (bicyclic) bond motifs is 2. The number of hydrogen-bond acceptors (Lipinski definition) is 5. The van der Waals surface area contributed by atoms with E-state index in [4.69, 9.17) is 9.84 Å². The molecule has 8 heteroatoms. The number of amides is 2. The molecule has 188 valence electrons. The van der Waals surface area contributed by atoms with Gasteiger partial charge in [0.05, 0.1) is 18.2 Å². The predicted octanol–water partition coefficient (Wildman–Crippen LogP) is 4.17. The lowest BCUT2D eigenvalue weighted by atomic mass is 9.86. The van der Waals surface area contributed by atoms with E-state index < -0.39 is 11.4 Å². The van der Waals surface area contributed by atoms with Crippen LogP contribution in [0.5, 0.6) is 5.75 Å². The molecule has 1 saturated carbocycles. The summed E-state index contributed by atoms with van der Waals surface area (Å²) in [4.78, 5) is 37.1. The minimum absolute atomic E-state index is 0.0288. The number of carboxylic acid groups (broad SMARTS) is 1. The third kappa shape index (κ3) is 5.35. The highest BCUT2D eigenvalue weighted by molar-refractivity contribution is 5.98. The molecule has 1 aliphatic carbocycles. The quantitative estimate of drug-likeness (QED) is 0.535. The molecule has 1 aliphatic heterocycles. The van der Waals surface area contributed by atoms with E-state index in [0.717, 1.165) is 11.1 Å². The second-order valence-corrected chi connectivity index (χ2v) is 10.6. The van der Waals surface area contributed by atoms with Gasteiger partial charge in [-0.15, -0.1) is 0 Å². The van der Waals surface area contributed by atoms with Crippen molar-refractivity contribution in [2.24, 2.45) is 5.92 Å². The number of anilines is 1. The Kier molecular flexibility index (Phi) is 6.77. The molecule has 0 bridgehead atoms. The molecule has 1 spiro atoms. The standard InChI is InChI=1S/C28H31N3O5/c1-27(2,3)31-25(34)19-9-10-23-20(14-19)28(11-12-36-23)15-21(28)26(35)30-22-13-17(16-29)7-8-18(22)5-4-6-24(32)33/h7-10,13-14,21H,4-6,11-12,15H2,1-3H3,(H,30,35)(H,31,34)(H,32,33). The van der Waals surface area contributed by atoms with Gasteiger partial charge in [-0.1, -0.05) is 6.07 Å². The van der Waals surface area contributed by atoms with Crippen molar-refractivity contribution in [2.75, 3.05) is 11.9 Å². The van der Waals surface area contributed by atoms with Gasteiger partial charge in [0.15, 0.2) is 0 Å². The van der Waals surface area contributed by atoms with Gasteiger partial charge in [0, 0.05) is 40.1 Å².